The first-order chi connectivity index (χ1) is 13.0. The Kier molecular flexibility index (Phi) is 4.04. The fourth-order valence-electron chi connectivity index (χ4n) is 2.89. The van der Waals surface area contributed by atoms with Crippen molar-refractivity contribution < 1.29 is 18.4 Å². The largest absolute Gasteiger partial charge is 0.362 e. The molecule has 1 aliphatic heterocycles. The molecule has 1 aliphatic rings. The molecule has 0 spiro atoms. The summed E-state index contributed by atoms with van der Waals surface area (Å²) in [5, 5.41) is 5.34. The smallest absolute Gasteiger partial charge is 0.256 e. The molecule has 0 atom stereocenters. The topological polar surface area (TPSA) is 74.0 Å². The van der Waals surface area contributed by atoms with E-state index in [1.165, 1.54) is 0 Å². The van der Waals surface area contributed by atoms with E-state index in [2.05, 4.69) is 15.6 Å². The first-order valence-corrected chi connectivity index (χ1v) is 8.08. The Labute approximate surface area is 152 Å². The molecule has 0 fully saturated rings. The molecule has 0 unspecified atom stereocenters. The maximum atomic E-state index is 13.3. The molecule has 2 aromatic carbocycles. The van der Waals surface area contributed by atoms with Gasteiger partial charge in [0.1, 0.15) is 11.6 Å². The summed E-state index contributed by atoms with van der Waals surface area (Å²) in [4.78, 5) is 27.5. The molecule has 3 N–H and O–H groups in total. The average Bonchev–Trinajstić information content (AvgIpc) is 3.23. The highest BCUT2D eigenvalue weighted by molar-refractivity contribution is 6.35. The summed E-state index contributed by atoms with van der Waals surface area (Å²) in [6, 6.07) is 11.1. The van der Waals surface area contributed by atoms with Crippen molar-refractivity contribution in [3.05, 3.63) is 83.2 Å². The van der Waals surface area contributed by atoms with E-state index in [0.717, 1.165) is 17.8 Å². The summed E-state index contributed by atoms with van der Waals surface area (Å²) in [5.74, 6) is -2.57. The number of H-pyrrole nitrogens is 1. The van der Waals surface area contributed by atoms with Gasteiger partial charge in [-0.25, -0.2) is 8.78 Å². The average molecular weight is 365 g/mol. The van der Waals surface area contributed by atoms with Gasteiger partial charge in [-0.15, -0.1) is 0 Å². The number of fused-ring (bicyclic) bond motifs is 1. The maximum absolute atomic E-state index is 13.3. The van der Waals surface area contributed by atoms with Crippen LogP contribution >= 0.6 is 0 Å². The second-order valence-electron chi connectivity index (χ2n) is 6.01. The van der Waals surface area contributed by atoms with Crippen LogP contribution in [0.3, 0.4) is 0 Å². The third kappa shape index (κ3) is 3.35. The summed E-state index contributed by atoms with van der Waals surface area (Å²) in [5.41, 5.74) is 2.71. The number of aromatic nitrogens is 1. The summed E-state index contributed by atoms with van der Waals surface area (Å²) in [6.45, 7) is 0. The molecule has 27 heavy (non-hydrogen) atoms. The second kappa shape index (κ2) is 6.53. The third-order valence-corrected chi connectivity index (χ3v) is 4.11. The van der Waals surface area contributed by atoms with Crippen LogP contribution in [0.25, 0.3) is 11.6 Å². The predicted molar refractivity (Wildman–Crippen MR) is 98.0 cm³/mol. The Hall–Kier alpha value is -3.74. The van der Waals surface area contributed by atoms with E-state index in [9.17, 15) is 18.4 Å². The minimum atomic E-state index is -0.833. The van der Waals surface area contributed by atoms with Gasteiger partial charge in [-0.2, -0.15) is 0 Å². The van der Waals surface area contributed by atoms with Crippen molar-refractivity contribution in [1.82, 2.24) is 4.98 Å². The van der Waals surface area contributed by atoms with Crippen molar-refractivity contribution in [2.75, 3.05) is 10.6 Å². The molecule has 2 amide bonds. The van der Waals surface area contributed by atoms with Crippen molar-refractivity contribution in [2.45, 2.75) is 0 Å². The number of hydrogen-bond acceptors (Lipinski definition) is 2. The summed E-state index contributed by atoms with van der Waals surface area (Å²) in [6.07, 6.45) is 3.45. The molecule has 0 radical (unpaired) electrons. The van der Waals surface area contributed by atoms with E-state index in [4.69, 9.17) is 0 Å². The van der Waals surface area contributed by atoms with Gasteiger partial charge < -0.3 is 15.6 Å². The lowest BCUT2D eigenvalue weighted by Crippen LogP contribution is -2.12. The Bertz CT molecular complexity index is 1070. The monoisotopic (exact) mass is 365 g/mol. The van der Waals surface area contributed by atoms with E-state index in [0.29, 0.717) is 28.6 Å². The molecule has 0 saturated carbocycles. The number of hydrogen-bond donors (Lipinski definition) is 3. The zero-order valence-electron chi connectivity index (χ0n) is 13.8. The van der Waals surface area contributed by atoms with E-state index < -0.39 is 17.5 Å². The molecule has 7 heteroatoms. The van der Waals surface area contributed by atoms with Gasteiger partial charge in [0, 0.05) is 40.5 Å². The molecule has 0 saturated heterocycles. The number of carbonyl (C=O) groups excluding carboxylic acids is 2. The number of amides is 2. The molecule has 1 aromatic heterocycles. The van der Waals surface area contributed by atoms with Gasteiger partial charge in [-0.1, -0.05) is 0 Å². The molecule has 2 heterocycles. The van der Waals surface area contributed by atoms with Crippen LogP contribution in [0.4, 0.5) is 20.2 Å². The molecule has 0 aliphatic carbocycles. The number of anilines is 2. The highest BCUT2D eigenvalue weighted by Gasteiger charge is 2.24. The standard InChI is InChI=1S/C20H13F2N3O2/c21-12-6-11(7-13(22)8-12)19(26)24-15-3-4-18-16(10-15)17(20(27)25-18)9-14-2-1-5-23-14/h1-10,23H,(H,24,26)(H,25,27)/b17-9-. The number of nitrogens with one attached hydrogen (secondary N) is 3. The number of halogens is 2. The van der Waals surface area contributed by atoms with Crippen molar-refractivity contribution in [1.29, 1.82) is 0 Å². The van der Waals surface area contributed by atoms with Crippen molar-refractivity contribution in [3.8, 4) is 0 Å². The minimum Gasteiger partial charge on any atom is -0.362 e. The minimum absolute atomic E-state index is 0.135. The van der Waals surface area contributed by atoms with Gasteiger partial charge in [0.15, 0.2) is 0 Å². The summed E-state index contributed by atoms with van der Waals surface area (Å²) in [7, 11) is 0. The number of carbonyl (C=O) groups is 2. The van der Waals surface area contributed by atoms with Crippen molar-refractivity contribution in [3.63, 3.8) is 0 Å². The van der Waals surface area contributed by atoms with Gasteiger partial charge in [-0.3, -0.25) is 9.59 Å². The first kappa shape index (κ1) is 16.7. The lowest BCUT2D eigenvalue weighted by atomic mass is 10.0. The Balaban J connectivity index is 1.64. The molecule has 3 aromatic rings. The highest BCUT2D eigenvalue weighted by atomic mass is 19.1. The van der Waals surface area contributed by atoms with E-state index in [1.54, 1.807) is 30.5 Å². The van der Waals surface area contributed by atoms with Crippen LogP contribution in [0, 0.1) is 11.6 Å². The maximum Gasteiger partial charge on any atom is 0.256 e. The summed E-state index contributed by atoms with van der Waals surface area (Å²) >= 11 is 0. The van der Waals surface area contributed by atoms with E-state index in [1.807, 2.05) is 12.1 Å². The van der Waals surface area contributed by atoms with Crippen molar-refractivity contribution in [2.24, 2.45) is 0 Å². The number of benzene rings is 2. The number of rotatable bonds is 3. The lowest BCUT2D eigenvalue weighted by molar-refractivity contribution is -0.110. The molecule has 4 rings (SSSR count). The van der Waals surface area contributed by atoms with Gasteiger partial charge >= 0.3 is 0 Å². The lowest BCUT2D eigenvalue weighted by Gasteiger charge is -2.08. The van der Waals surface area contributed by atoms with Crippen LogP contribution in [0.1, 0.15) is 21.6 Å². The van der Waals surface area contributed by atoms with Gasteiger partial charge in [0.25, 0.3) is 11.8 Å². The molecular weight excluding hydrogens is 352 g/mol. The fourth-order valence-corrected chi connectivity index (χ4v) is 2.89. The molecular formula is C20H13F2N3O2. The second-order valence-corrected chi connectivity index (χ2v) is 6.01. The van der Waals surface area contributed by atoms with Crippen LogP contribution in [0.2, 0.25) is 0 Å². The predicted octanol–water partition coefficient (Wildman–Crippen LogP) is 4.04. The van der Waals surface area contributed by atoms with E-state index >= 15 is 0 Å². The van der Waals surface area contributed by atoms with Crippen LogP contribution in [-0.2, 0) is 4.79 Å². The SMILES string of the molecule is O=C1Nc2ccc(NC(=O)c3cc(F)cc(F)c3)cc2/C1=C/c1ccc[nH]1. The van der Waals surface area contributed by atoms with Gasteiger partial charge in [0.2, 0.25) is 0 Å². The summed E-state index contributed by atoms with van der Waals surface area (Å²) < 4.78 is 26.6. The van der Waals surface area contributed by atoms with Gasteiger partial charge in [-0.05, 0) is 48.5 Å². The first-order valence-electron chi connectivity index (χ1n) is 8.08. The normalized spacial score (nSPS) is 14.1. The third-order valence-electron chi connectivity index (χ3n) is 4.11. The van der Waals surface area contributed by atoms with Crippen LogP contribution in [-0.4, -0.2) is 16.8 Å². The van der Waals surface area contributed by atoms with Crippen LogP contribution in [0.15, 0.2) is 54.7 Å². The van der Waals surface area contributed by atoms with Crippen molar-refractivity contribution >= 4 is 34.8 Å². The Morgan fingerprint density at radius 3 is 2.52 bits per heavy atom. The zero-order valence-corrected chi connectivity index (χ0v) is 13.8. The van der Waals surface area contributed by atoms with Crippen LogP contribution < -0.4 is 10.6 Å². The zero-order chi connectivity index (χ0) is 19.0. The number of aromatic amines is 1. The van der Waals surface area contributed by atoms with E-state index in [-0.39, 0.29) is 11.5 Å². The quantitative estimate of drug-likeness (QED) is 0.613. The molecule has 0 bridgehead atoms. The van der Waals surface area contributed by atoms with Crippen LogP contribution in [0.5, 0.6) is 0 Å². The fraction of sp³-hybridized carbons (Fsp3) is 0. The highest BCUT2D eigenvalue weighted by Crippen LogP contribution is 2.35. The molecule has 134 valence electrons. The Morgan fingerprint density at radius 2 is 1.81 bits per heavy atom. The van der Waals surface area contributed by atoms with Gasteiger partial charge in [0.05, 0.1) is 5.57 Å². The Morgan fingerprint density at radius 1 is 1.04 bits per heavy atom. The molecule has 5 nitrogen and oxygen atoms in total.